The summed E-state index contributed by atoms with van der Waals surface area (Å²) < 4.78 is 4.87. The highest BCUT2D eigenvalue weighted by atomic mass is 79.9. The number of aromatic nitrogens is 1. The summed E-state index contributed by atoms with van der Waals surface area (Å²) in [4.78, 5) is 14.8. The van der Waals surface area contributed by atoms with E-state index in [9.17, 15) is 4.79 Å². The van der Waals surface area contributed by atoms with E-state index >= 15 is 0 Å². The first-order valence-electron chi connectivity index (χ1n) is 3.08. The van der Waals surface area contributed by atoms with Crippen LogP contribution in [-0.2, 0) is 4.74 Å². The Morgan fingerprint density at radius 3 is 3.18 bits per heavy atom. The standard InChI is InChI=1S/C7H4BrNO2/c8-6-4-1-2-9-3-5(4)7(10)11-6/h1-3,6H. The molecule has 2 rings (SSSR count). The molecule has 0 N–H and O–H groups in total. The quantitative estimate of drug-likeness (QED) is 0.486. The van der Waals surface area contributed by atoms with E-state index in [4.69, 9.17) is 4.74 Å². The molecule has 1 atom stereocenters. The summed E-state index contributed by atoms with van der Waals surface area (Å²) in [7, 11) is 0. The third-order valence-electron chi connectivity index (χ3n) is 1.53. The lowest BCUT2D eigenvalue weighted by atomic mass is 10.2. The van der Waals surface area contributed by atoms with Crippen LogP contribution in [0.2, 0.25) is 0 Å². The Bertz CT molecular complexity index is 313. The zero-order chi connectivity index (χ0) is 7.84. The topological polar surface area (TPSA) is 39.2 Å². The van der Waals surface area contributed by atoms with Crippen LogP contribution in [0.15, 0.2) is 18.5 Å². The van der Waals surface area contributed by atoms with Gasteiger partial charge in [-0.1, -0.05) is 0 Å². The third kappa shape index (κ3) is 0.939. The van der Waals surface area contributed by atoms with Crippen molar-refractivity contribution in [2.45, 2.75) is 5.01 Å². The van der Waals surface area contributed by atoms with Gasteiger partial charge in [0.1, 0.15) is 0 Å². The molecule has 1 unspecified atom stereocenters. The summed E-state index contributed by atoms with van der Waals surface area (Å²) in [5.41, 5.74) is 1.40. The molecular weight excluding hydrogens is 210 g/mol. The second-order valence-corrected chi connectivity index (χ2v) is 3.02. The van der Waals surface area contributed by atoms with Gasteiger partial charge in [0.15, 0.2) is 5.01 Å². The molecule has 1 aliphatic rings. The van der Waals surface area contributed by atoms with Crippen molar-refractivity contribution in [1.82, 2.24) is 4.98 Å². The lowest BCUT2D eigenvalue weighted by Gasteiger charge is -1.97. The minimum atomic E-state index is -0.310. The number of rotatable bonds is 0. The fourth-order valence-corrected chi connectivity index (χ4v) is 1.56. The van der Waals surface area contributed by atoms with Crippen LogP contribution in [0.1, 0.15) is 20.9 Å². The van der Waals surface area contributed by atoms with Crippen molar-refractivity contribution in [3.8, 4) is 0 Å². The molecule has 2 heterocycles. The van der Waals surface area contributed by atoms with Crippen LogP contribution in [0.3, 0.4) is 0 Å². The van der Waals surface area contributed by atoms with Gasteiger partial charge in [-0.15, -0.1) is 0 Å². The average molecular weight is 214 g/mol. The van der Waals surface area contributed by atoms with Crippen LogP contribution in [0.5, 0.6) is 0 Å². The van der Waals surface area contributed by atoms with Crippen LogP contribution in [0, 0.1) is 0 Å². The van der Waals surface area contributed by atoms with E-state index in [2.05, 4.69) is 20.9 Å². The number of fused-ring (bicyclic) bond motifs is 1. The highest BCUT2D eigenvalue weighted by molar-refractivity contribution is 9.09. The summed E-state index contributed by atoms with van der Waals surface area (Å²) in [6, 6.07) is 1.76. The van der Waals surface area contributed by atoms with Gasteiger partial charge >= 0.3 is 5.97 Å². The highest BCUT2D eigenvalue weighted by Gasteiger charge is 2.28. The van der Waals surface area contributed by atoms with E-state index in [1.54, 1.807) is 12.3 Å². The number of pyridine rings is 1. The second-order valence-electron chi connectivity index (χ2n) is 2.18. The molecule has 1 aliphatic heterocycles. The number of alkyl halides is 1. The molecule has 0 bridgehead atoms. The van der Waals surface area contributed by atoms with Gasteiger partial charge in [0, 0.05) is 18.0 Å². The molecule has 0 fully saturated rings. The zero-order valence-electron chi connectivity index (χ0n) is 5.45. The maximum Gasteiger partial charge on any atom is 0.341 e. The van der Waals surface area contributed by atoms with Crippen molar-refractivity contribution >= 4 is 21.9 Å². The van der Waals surface area contributed by atoms with Gasteiger partial charge in [0.05, 0.1) is 5.56 Å². The first-order chi connectivity index (χ1) is 5.29. The molecule has 0 saturated heterocycles. The smallest absolute Gasteiger partial charge is 0.341 e. The number of hydrogen-bond donors (Lipinski definition) is 0. The Kier molecular flexibility index (Phi) is 1.42. The fourth-order valence-electron chi connectivity index (χ4n) is 0.995. The zero-order valence-corrected chi connectivity index (χ0v) is 7.04. The Morgan fingerprint density at radius 2 is 2.45 bits per heavy atom. The molecule has 0 spiro atoms. The van der Waals surface area contributed by atoms with Crippen LogP contribution >= 0.6 is 15.9 Å². The first kappa shape index (κ1) is 6.79. The van der Waals surface area contributed by atoms with Crippen molar-refractivity contribution in [3.63, 3.8) is 0 Å². The van der Waals surface area contributed by atoms with Crippen molar-refractivity contribution < 1.29 is 9.53 Å². The van der Waals surface area contributed by atoms with Crippen LogP contribution < -0.4 is 0 Å². The van der Waals surface area contributed by atoms with E-state index in [1.165, 1.54) is 6.20 Å². The van der Waals surface area contributed by atoms with Crippen LogP contribution in [0.4, 0.5) is 0 Å². The van der Waals surface area contributed by atoms with E-state index < -0.39 is 0 Å². The number of cyclic esters (lactones) is 1. The summed E-state index contributed by atoms with van der Waals surface area (Å²) in [5, 5.41) is -0.298. The average Bonchev–Trinajstić information content (AvgIpc) is 2.30. The molecule has 0 aromatic carbocycles. The number of ether oxygens (including phenoxy) is 1. The van der Waals surface area contributed by atoms with E-state index in [1.807, 2.05) is 0 Å². The number of nitrogens with zero attached hydrogens (tertiary/aromatic N) is 1. The highest BCUT2D eigenvalue weighted by Crippen LogP contribution is 2.33. The molecule has 11 heavy (non-hydrogen) atoms. The monoisotopic (exact) mass is 213 g/mol. The molecular formula is C7H4BrNO2. The first-order valence-corrected chi connectivity index (χ1v) is 3.99. The van der Waals surface area contributed by atoms with Crippen molar-refractivity contribution in [2.75, 3.05) is 0 Å². The normalized spacial score (nSPS) is 21.2. The Morgan fingerprint density at radius 1 is 1.64 bits per heavy atom. The number of hydrogen-bond acceptors (Lipinski definition) is 3. The van der Waals surface area contributed by atoms with Gasteiger partial charge in [0.2, 0.25) is 0 Å². The largest absolute Gasteiger partial charge is 0.442 e. The number of halogens is 1. The van der Waals surface area contributed by atoms with Gasteiger partial charge in [-0.2, -0.15) is 0 Å². The maximum absolute atomic E-state index is 11.0. The lowest BCUT2D eigenvalue weighted by Crippen LogP contribution is -1.93. The predicted octanol–water partition coefficient (Wildman–Crippen LogP) is 1.65. The van der Waals surface area contributed by atoms with Gasteiger partial charge in [0.25, 0.3) is 0 Å². The molecule has 0 amide bonds. The van der Waals surface area contributed by atoms with Crippen LogP contribution in [0.25, 0.3) is 0 Å². The predicted molar refractivity (Wildman–Crippen MR) is 41.3 cm³/mol. The van der Waals surface area contributed by atoms with Gasteiger partial charge in [-0.3, -0.25) is 4.98 Å². The molecule has 4 heteroatoms. The van der Waals surface area contributed by atoms with Gasteiger partial charge < -0.3 is 4.74 Å². The molecule has 3 nitrogen and oxygen atoms in total. The minimum Gasteiger partial charge on any atom is -0.442 e. The van der Waals surface area contributed by atoms with Gasteiger partial charge in [-0.25, -0.2) is 4.79 Å². The molecule has 1 aromatic heterocycles. The SMILES string of the molecule is O=C1OC(Br)c2ccncc21. The number of esters is 1. The summed E-state index contributed by atoms with van der Waals surface area (Å²) in [6.07, 6.45) is 3.15. The lowest BCUT2D eigenvalue weighted by molar-refractivity contribution is 0.0530. The summed E-state index contributed by atoms with van der Waals surface area (Å²) in [6.45, 7) is 0. The number of carbonyl (C=O) groups excluding carboxylic acids is 1. The Labute approximate surface area is 71.5 Å². The second kappa shape index (κ2) is 2.30. The molecule has 0 aliphatic carbocycles. The van der Waals surface area contributed by atoms with Crippen molar-refractivity contribution in [2.24, 2.45) is 0 Å². The Balaban J connectivity index is 2.60. The van der Waals surface area contributed by atoms with Crippen molar-refractivity contribution in [1.29, 1.82) is 0 Å². The van der Waals surface area contributed by atoms with Gasteiger partial charge in [-0.05, 0) is 22.0 Å². The van der Waals surface area contributed by atoms with Crippen LogP contribution in [-0.4, -0.2) is 11.0 Å². The molecule has 0 radical (unpaired) electrons. The Hall–Kier alpha value is -0.900. The fraction of sp³-hybridized carbons (Fsp3) is 0.143. The van der Waals surface area contributed by atoms with E-state index in [0.29, 0.717) is 5.56 Å². The summed E-state index contributed by atoms with van der Waals surface area (Å²) >= 11 is 3.21. The minimum absolute atomic E-state index is 0.298. The van der Waals surface area contributed by atoms with E-state index in [-0.39, 0.29) is 11.0 Å². The molecule has 56 valence electrons. The molecule has 0 saturated carbocycles. The molecule has 1 aromatic rings. The van der Waals surface area contributed by atoms with E-state index in [0.717, 1.165) is 5.56 Å². The van der Waals surface area contributed by atoms with Crippen molar-refractivity contribution in [3.05, 3.63) is 29.6 Å². The third-order valence-corrected chi connectivity index (χ3v) is 2.21. The maximum atomic E-state index is 11.0. The summed E-state index contributed by atoms with van der Waals surface area (Å²) in [5.74, 6) is -0.310. The number of carbonyl (C=O) groups is 1.